The molecule has 0 bridgehead atoms. The number of allylic oxidation sites excluding steroid dienone is 4. The molecule has 0 radical (unpaired) electrons. The van der Waals surface area contributed by atoms with Gasteiger partial charge in [-0.05, 0) is 80.0 Å². The first kappa shape index (κ1) is 34.6. The standard InChI is InChI=1S/C31H45N5O3S.C2H2/c1-6-19-36(40(38,39)32-5)20-8-9-27-14-16-30(17-15-27)33-25(3)10-12-28-13-11-26(4)34(22-28)21-18-29-23-35(24-29)31(37)7-2;1-2/h7,10-17,29,32-33H,2,4,6,8-9,18-24H2,1,3,5H3;1-2H/b25-10+,28-12-;. The van der Waals surface area contributed by atoms with E-state index < -0.39 is 10.2 Å². The van der Waals surface area contributed by atoms with Gasteiger partial charge >= 0.3 is 0 Å². The number of carbonyl (C=O) groups is 1. The van der Waals surface area contributed by atoms with Crippen molar-refractivity contribution in [1.82, 2.24) is 18.8 Å². The summed E-state index contributed by atoms with van der Waals surface area (Å²) in [6.07, 6.45) is 21.2. The van der Waals surface area contributed by atoms with E-state index in [0.29, 0.717) is 19.0 Å². The van der Waals surface area contributed by atoms with Gasteiger partial charge in [-0.2, -0.15) is 12.7 Å². The van der Waals surface area contributed by atoms with Crippen molar-refractivity contribution >= 4 is 21.8 Å². The molecule has 1 fully saturated rings. The van der Waals surface area contributed by atoms with E-state index in [4.69, 9.17) is 0 Å². The highest BCUT2D eigenvalue weighted by atomic mass is 32.2. The van der Waals surface area contributed by atoms with Crippen LogP contribution in [-0.2, 0) is 21.4 Å². The molecule has 3 rings (SSSR count). The van der Waals surface area contributed by atoms with Gasteiger partial charge in [0.25, 0.3) is 10.2 Å². The summed E-state index contributed by atoms with van der Waals surface area (Å²) < 4.78 is 28.2. The van der Waals surface area contributed by atoms with Gasteiger partial charge in [0.1, 0.15) is 0 Å². The Morgan fingerprint density at radius 3 is 2.48 bits per heavy atom. The molecule has 2 aliphatic rings. The molecule has 42 heavy (non-hydrogen) atoms. The smallest absolute Gasteiger partial charge is 0.279 e. The van der Waals surface area contributed by atoms with Crippen molar-refractivity contribution in [1.29, 1.82) is 0 Å². The molecule has 2 heterocycles. The molecule has 0 atom stereocenters. The number of anilines is 1. The molecule has 0 aromatic heterocycles. The van der Waals surface area contributed by atoms with Crippen molar-refractivity contribution in [3.05, 3.63) is 90.3 Å². The summed E-state index contributed by atoms with van der Waals surface area (Å²) >= 11 is 0. The molecule has 2 N–H and O–H groups in total. The Balaban J connectivity index is 0.00000301. The molecule has 1 aromatic carbocycles. The van der Waals surface area contributed by atoms with Crippen molar-refractivity contribution in [2.75, 3.05) is 51.6 Å². The molecule has 0 unspecified atom stereocenters. The van der Waals surface area contributed by atoms with Crippen molar-refractivity contribution in [2.24, 2.45) is 5.92 Å². The second kappa shape index (κ2) is 17.4. The SMILES string of the molecule is C#C.C=CC(=O)N1CC(CCN2C/C(=C\C=C(/C)Nc3ccc(CCCN(CCC)S(=O)(=O)NC)cc3)C=CC2=C)C1. The van der Waals surface area contributed by atoms with E-state index >= 15 is 0 Å². The molecular weight excluding hydrogens is 546 g/mol. The molecule has 1 aromatic rings. The van der Waals surface area contributed by atoms with Gasteiger partial charge in [-0.3, -0.25) is 4.79 Å². The Bertz CT molecular complexity index is 1270. The molecule has 1 amide bonds. The van der Waals surface area contributed by atoms with Gasteiger partial charge < -0.3 is 15.1 Å². The number of amides is 1. The lowest BCUT2D eigenvalue weighted by Crippen LogP contribution is -2.50. The van der Waals surface area contributed by atoms with Crippen molar-refractivity contribution < 1.29 is 13.2 Å². The minimum absolute atomic E-state index is 0.0210. The monoisotopic (exact) mass is 593 g/mol. The van der Waals surface area contributed by atoms with E-state index in [9.17, 15) is 13.2 Å². The number of aryl methyl sites for hydroxylation is 1. The normalized spacial score (nSPS) is 16.7. The van der Waals surface area contributed by atoms with E-state index in [-0.39, 0.29) is 5.91 Å². The zero-order valence-corrected chi connectivity index (χ0v) is 26.2. The summed E-state index contributed by atoms with van der Waals surface area (Å²) in [5, 5.41) is 3.45. The zero-order valence-electron chi connectivity index (χ0n) is 25.4. The Morgan fingerprint density at radius 2 is 1.86 bits per heavy atom. The summed E-state index contributed by atoms with van der Waals surface area (Å²) in [7, 11) is -1.94. The van der Waals surface area contributed by atoms with Crippen molar-refractivity contribution in [3.8, 4) is 12.8 Å². The maximum absolute atomic E-state index is 12.1. The quantitative estimate of drug-likeness (QED) is 0.227. The fourth-order valence-corrected chi connectivity index (χ4v) is 5.91. The number of likely N-dealkylation sites (tertiary alicyclic amines) is 1. The van der Waals surface area contributed by atoms with E-state index in [0.717, 1.165) is 68.9 Å². The lowest BCUT2D eigenvalue weighted by Gasteiger charge is -2.40. The van der Waals surface area contributed by atoms with Crippen molar-refractivity contribution in [2.45, 2.75) is 39.5 Å². The maximum Gasteiger partial charge on any atom is 0.279 e. The van der Waals surface area contributed by atoms with Gasteiger partial charge in [-0.15, -0.1) is 12.8 Å². The number of hydrogen-bond donors (Lipinski definition) is 2. The summed E-state index contributed by atoms with van der Waals surface area (Å²) in [6, 6.07) is 8.30. The highest BCUT2D eigenvalue weighted by molar-refractivity contribution is 7.87. The summed E-state index contributed by atoms with van der Waals surface area (Å²) in [4.78, 5) is 15.8. The molecule has 8 nitrogen and oxygen atoms in total. The zero-order chi connectivity index (χ0) is 31.1. The van der Waals surface area contributed by atoms with Crippen LogP contribution in [0.3, 0.4) is 0 Å². The molecule has 9 heteroatoms. The lowest BCUT2D eigenvalue weighted by molar-refractivity contribution is -0.132. The first-order chi connectivity index (χ1) is 20.1. The summed E-state index contributed by atoms with van der Waals surface area (Å²) in [6.45, 7) is 16.2. The average molecular weight is 594 g/mol. The fourth-order valence-electron chi connectivity index (χ4n) is 4.86. The first-order valence-corrected chi connectivity index (χ1v) is 15.9. The molecule has 228 valence electrons. The molecule has 0 aliphatic carbocycles. The number of benzene rings is 1. The van der Waals surface area contributed by atoms with Gasteiger partial charge in [0.05, 0.1) is 0 Å². The molecular formula is C33H47N5O3S. The molecule has 1 saturated heterocycles. The lowest BCUT2D eigenvalue weighted by atomic mass is 9.95. The van der Waals surface area contributed by atoms with Crippen LogP contribution >= 0.6 is 0 Å². The van der Waals surface area contributed by atoms with Gasteiger partial charge in [-0.25, -0.2) is 4.72 Å². The van der Waals surface area contributed by atoms with Crippen LogP contribution in [0.5, 0.6) is 0 Å². The van der Waals surface area contributed by atoms with Gasteiger partial charge in [0, 0.05) is 63.4 Å². The summed E-state index contributed by atoms with van der Waals surface area (Å²) in [5.74, 6) is 0.561. The number of nitrogens with one attached hydrogen (secondary N) is 2. The third-order valence-corrected chi connectivity index (χ3v) is 8.87. The average Bonchev–Trinajstić information content (AvgIpc) is 2.97. The number of rotatable bonds is 15. The second-order valence-corrected chi connectivity index (χ2v) is 12.3. The Labute approximate surface area is 253 Å². The number of carbonyl (C=O) groups excluding carboxylic acids is 1. The Hall–Kier alpha value is -3.58. The number of nitrogens with zero attached hydrogens (tertiary/aromatic N) is 3. The Kier molecular flexibility index (Phi) is 14.3. The van der Waals surface area contributed by atoms with Gasteiger partial charge in [-0.1, -0.05) is 44.4 Å². The maximum atomic E-state index is 12.1. The van der Waals surface area contributed by atoms with Gasteiger partial charge in [0.15, 0.2) is 0 Å². The largest absolute Gasteiger partial charge is 0.368 e. The topological polar surface area (TPSA) is 85.0 Å². The predicted molar refractivity (Wildman–Crippen MR) is 175 cm³/mol. The van der Waals surface area contributed by atoms with Crippen LogP contribution < -0.4 is 10.0 Å². The number of hydrogen-bond acceptors (Lipinski definition) is 5. The van der Waals surface area contributed by atoms with Crippen LogP contribution in [0.2, 0.25) is 0 Å². The molecule has 2 aliphatic heterocycles. The fraction of sp³-hybridized carbons (Fsp3) is 0.424. The van der Waals surface area contributed by atoms with Crippen LogP contribution in [0.15, 0.2) is 84.8 Å². The van der Waals surface area contributed by atoms with Crippen molar-refractivity contribution in [3.63, 3.8) is 0 Å². The van der Waals surface area contributed by atoms with E-state index in [1.165, 1.54) is 28.6 Å². The Morgan fingerprint density at radius 1 is 1.17 bits per heavy atom. The first-order valence-electron chi connectivity index (χ1n) is 14.4. The van der Waals surface area contributed by atoms with Gasteiger partial charge in [0.2, 0.25) is 5.91 Å². The van der Waals surface area contributed by atoms with Crippen LogP contribution in [0.25, 0.3) is 0 Å². The minimum Gasteiger partial charge on any atom is -0.368 e. The number of terminal acetylenes is 1. The van der Waals surface area contributed by atoms with Crippen LogP contribution in [-0.4, -0.2) is 74.7 Å². The highest BCUT2D eigenvalue weighted by Crippen LogP contribution is 2.23. The second-order valence-electron chi connectivity index (χ2n) is 10.5. The molecule has 0 spiro atoms. The van der Waals surface area contributed by atoms with E-state index in [1.807, 2.05) is 18.7 Å². The highest BCUT2D eigenvalue weighted by Gasteiger charge is 2.29. The van der Waals surface area contributed by atoms with E-state index in [2.05, 4.69) is 89.5 Å². The van der Waals surface area contributed by atoms with Crippen LogP contribution in [0.1, 0.15) is 38.7 Å². The van der Waals surface area contributed by atoms with Crippen LogP contribution in [0, 0.1) is 18.8 Å². The predicted octanol–water partition coefficient (Wildman–Crippen LogP) is 4.71. The molecule has 0 saturated carbocycles. The van der Waals surface area contributed by atoms with Crippen LogP contribution in [0.4, 0.5) is 5.69 Å². The third-order valence-electron chi connectivity index (χ3n) is 7.31. The summed E-state index contributed by atoms with van der Waals surface area (Å²) in [5.41, 5.74) is 5.48. The van der Waals surface area contributed by atoms with E-state index in [1.54, 1.807) is 0 Å². The minimum atomic E-state index is -3.39. The third kappa shape index (κ3) is 10.7.